The summed E-state index contributed by atoms with van der Waals surface area (Å²) >= 11 is 0. The van der Waals surface area contributed by atoms with Gasteiger partial charge in [0.15, 0.2) is 0 Å². The largest absolute Gasteiger partial charge is 0.339 e. The molecule has 1 fully saturated rings. The number of aryl methyl sites for hydroxylation is 2. The van der Waals surface area contributed by atoms with E-state index in [9.17, 15) is 9.59 Å². The normalized spacial score (nSPS) is 13.6. The molecule has 2 aromatic carbocycles. The number of nitrogens with one attached hydrogen (secondary N) is 1. The van der Waals surface area contributed by atoms with E-state index in [2.05, 4.69) is 5.32 Å². The van der Waals surface area contributed by atoms with Crippen molar-refractivity contribution in [1.82, 2.24) is 19.4 Å². The zero-order valence-electron chi connectivity index (χ0n) is 17.7. The first kappa shape index (κ1) is 19.9. The van der Waals surface area contributed by atoms with Crippen LogP contribution in [-0.2, 0) is 13.6 Å². The van der Waals surface area contributed by atoms with Gasteiger partial charge in [0.1, 0.15) is 5.82 Å². The minimum atomic E-state index is -0.197. The smallest absolute Gasteiger partial charge is 0.321 e. The van der Waals surface area contributed by atoms with Crippen LogP contribution >= 0.6 is 0 Å². The third kappa shape index (κ3) is 4.01. The van der Waals surface area contributed by atoms with Crippen LogP contribution < -0.4 is 5.32 Å². The molecule has 1 aliphatic rings. The first-order valence-electron chi connectivity index (χ1n) is 10.3. The van der Waals surface area contributed by atoms with Crippen molar-refractivity contribution in [3.05, 3.63) is 59.4 Å². The fourth-order valence-corrected chi connectivity index (χ4v) is 3.85. The highest BCUT2D eigenvalue weighted by Crippen LogP contribution is 2.20. The lowest BCUT2D eigenvalue weighted by molar-refractivity contribution is 0.0793. The molecule has 3 aromatic rings. The lowest BCUT2D eigenvalue weighted by atomic mass is 10.2. The number of hydrogen-bond acceptors (Lipinski definition) is 3. The van der Waals surface area contributed by atoms with Gasteiger partial charge >= 0.3 is 6.03 Å². The first-order chi connectivity index (χ1) is 14.4. The molecule has 7 heteroatoms. The number of imidazole rings is 1. The van der Waals surface area contributed by atoms with E-state index >= 15 is 0 Å². The van der Waals surface area contributed by atoms with E-state index in [1.54, 1.807) is 11.9 Å². The second kappa shape index (κ2) is 8.18. The summed E-state index contributed by atoms with van der Waals surface area (Å²) < 4.78 is 1.97. The second-order valence-corrected chi connectivity index (χ2v) is 7.95. The van der Waals surface area contributed by atoms with Gasteiger partial charge in [0, 0.05) is 38.4 Å². The van der Waals surface area contributed by atoms with Crippen LogP contribution in [0.4, 0.5) is 10.5 Å². The molecule has 3 amide bonds. The summed E-state index contributed by atoms with van der Waals surface area (Å²) in [4.78, 5) is 33.4. The zero-order valence-corrected chi connectivity index (χ0v) is 17.7. The van der Waals surface area contributed by atoms with Gasteiger partial charge in [0.2, 0.25) is 0 Å². The number of carbonyl (C=O) groups excluding carboxylic acids is 2. The number of urea groups is 1. The Kier molecular flexibility index (Phi) is 5.44. The van der Waals surface area contributed by atoms with E-state index in [-0.39, 0.29) is 11.9 Å². The number of benzene rings is 2. The maximum absolute atomic E-state index is 12.7. The molecule has 1 N–H and O–H groups in total. The molecule has 1 aromatic heterocycles. The minimum Gasteiger partial charge on any atom is -0.339 e. The predicted octanol–water partition coefficient (Wildman–Crippen LogP) is 3.78. The van der Waals surface area contributed by atoms with Gasteiger partial charge in [-0.2, -0.15) is 0 Å². The van der Waals surface area contributed by atoms with Gasteiger partial charge in [-0.15, -0.1) is 0 Å². The number of hydrogen-bond donors (Lipinski definition) is 1. The topological polar surface area (TPSA) is 70.5 Å². The van der Waals surface area contributed by atoms with Crippen molar-refractivity contribution in [3.63, 3.8) is 0 Å². The molecule has 2 heterocycles. The number of nitrogens with zero attached hydrogens (tertiary/aromatic N) is 4. The number of aromatic nitrogens is 2. The van der Waals surface area contributed by atoms with Gasteiger partial charge < -0.3 is 19.7 Å². The van der Waals surface area contributed by atoms with E-state index in [0.717, 1.165) is 54.0 Å². The molecule has 0 spiro atoms. The summed E-state index contributed by atoms with van der Waals surface area (Å²) in [6.07, 6.45) is 2.14. The monoisotopic (exact) mass is 405 g/mol. The Labute approximate surface area is 176 Å². The number of likely N-dealkylation sites (tertiary alicyclic amines) is 1. The van der Waals surface area contributed by atoms with Crippen LogP contribution in [0.1, 0.15) is 34.6 Å². The lowest BCUT2D eigenvalue weighted by Gasteiger charge is -2.18. The van der Waals surface area contributed by atoms with E-state index in [4.69, 9.17) is 4.98 Å². The summed E-state index contributed by atoms with van der Waals surface area (Å²) in [5, 5.41) is 2.91. The number of rotatable bonds is 4. The Morgan fingerprint density at radius 1 is 1.13 bits per heavy atom. The average Bonchev–Trinajstić information content (AvgIpc) is 3.36. The molecule has 1 aliphatic heterocycles. The molecule has 0 unspecified atom stereocenters. The Hall–Kier alpha value is -3.35. The van der Waals surface area contributed by atoms with Crippen LogP contribution in [0.3, 0.4) is 0 Å². The third-order valence-electron chi connectivity index (χ3n) is 5.61. The highest BCUT2D eigenvalue weighted by Gasteiger charge is 2.21. The summed E-state index contributed by atoms with van der Waals surface area (Å²) in [5.74, 6) is 0.828. The van der Waals surface area contributed by atoms with Gasteiger partial charge in [-0.25, -0.2) is 9.78 Å². The maximum Gasteiger partial charge on any atom is 0.321 e. The molecule has 0 atom stereocenters. The number of anilines is 1. The standard InChI is InChI=1S/C23H27N5O2/c1-16-7-6-8-18(13-16)24-23(30)26(2)15-21-25-19-14-17(9-10-20(19)27(21)3)22(29)28-11-4-5-12-28/h6-10,13-14H,4-5,11-12,15H2,1-3H3,(H,24,30). The Morgan fingerprint density at radius 3 is 2.63 bits per heavy atom. The predicted molar refractivity (Wildman–Crippen MR) is 118 cm³/mol. The van der Waals surface area contributed by atoms with E-state index < -0.39 is 0 Å². The van der Waals surface area contributed by atoms with Crippen molar-refractivity contribution < 1.29 is 9.59 Å². The summed E-state index contributed by atoms with van der Waals surface area (Å²) in [7, 11) is 3.67. The molecule has 7 nitrogen and oxygen atoms in total. The average molecular weight is 406 g/mol. The van der Waals surface area contributed by atoms with Gasteiger partial charge in [-0.1, -0.05) is 12.1 Å². The van der Waals surface area contributed by atoms with Crippen LogP contribution in [0.2, 0.25) is 0 Å². The first-order valence-corrected chi connectivity index (χ1v) is 10.3. The number of amides is 3. The minimum absolute atomic E-state index is 0.0660. The van der Waals surface area contributed by atoms with Gasteiger partial charge in [-0.05, 0) is 55.7 Å². The fourth-order valence-electron chi connectivity index (χ4n) is 3.85. The fraction of sp³-hybridized carbons (Fsp3) is 0.348. The van der Waals surface area contributed by atoms with Crippen molar-refractivity contribution >= 4 is 28.7 Å². The van der Waals surface area contributed by atoms with Crippen molar-refractivity contribution in [1.29, 1.82) is 0 Å². The maximum atomic E-state index is 12.7. The van der Waals surface area contributed by atoms with Crippen LogP contribution in [0, 0.1) is 6.92 Å². The lowest BCUT2D eigenvalue weighted by Crippen LogP contribution is -2.31. The molecule has 0 radical (unpaired) electrons. The number of carbonyl (C=O) groups is 2. The van der Waals surface area contributed by atoms with Crippen molar-refractivity contribution in [3.8, 4) is 0 Å². The number of fused-ring (bicyclic) bond motifs is 1. The van der Waals surface area contributed by atoms with Gasteiger partial charge in [0.25, 0.3) is 5.91 Å². The SMILES string of the molecule is Cc1cccc(NC(=O)N(C)Cc2nc3cc(C(=O)N4CCCC4)ccc3n2C)c1. The highest BCUT2D eigenvalue weighted by molar-refractivity contribution is 5.97. The van der Waals surface area contributed by atoms with Crippen molar-refractivity contribution in [2.24, 2.45) is 7.05 Å². The summed E-state index contributed by atoms with van der Waals surface area (Å²) in [6.45, 7) is 4.00. The second-order valence-electron chi connectivity index (χ2n) is 7.95. The molecule has 1 saturated heterocycles. The van der Waals surface area contributed by atoms with Crippen molar-refractivity contribution in [2.45, 2.75) is 26.3 Å². The van der Waals surface area contributed by atoms with E-state index in [1.807, 2.05) is 65.9 Å². The molecule has 156 valence electrons. The molecule has 0 aliphatic carbocycles. The van der Waals surface area contributed by atoms with Crippen LogP contribution in [0.25, 0.3) is 11.0 Å². The molecular weight excluding hydrogens is 378 g/mol. The quantitative estimate of drug-likeness (QED) is 0.718. The molecule has 4 rings (SSSR count). The zero-order chi connectivity index (χ0) is 21.3. The Balaban J connectivity index is 1.50. The van der Waals surface area contributed by atoms with Gasteiger partial charge in [-0.3, -0.25) is 4.79 Å². The summed E-state index contributed by atoms with van der Waals surface area (Å²) in [6, 6.07) is 13.2. The summed E-state index contributed by atoms with van der Waals surface area (Å²) in [5.41, 5.74) is 4.23. The molecule has 0 bridgehead atoms. The third-order valence-corrected chi connectivity index (χ3v) is 5.61. The molecular formula is C23H27N5O2. The molecule has 30 heavy (non-hydrogen) atoms. The highest BCUT2D eigenvalue weighted by atomic mass is 16.2. The van der Waals surface area contributed by atoms with Crippen LogP contribution in [0.5, 0.6) is 0 Å². The van der Waals surface area contributed by atoms with Gasteiger partial charge in [0.05, 0.1) is 17.6 Å². The van der Waals surface area contributed by atoms with E-state index in [1.165, 1.54) is 0 Å². The Morgan fingerprint density at radius 2 is 1.90 bits per heavy atom. The van der Waals surface area contributed by atoms with Crippen molar-refractivity contribution in [2.75, 3.05) is 25.5 Å². The molecule has 0 saturated carbocycles. The van der Waals surface area contributed by atoms with Crippen LogP contribution in [-0.4, -0.2) is 51.4 Å². The van der Waals surface area contributed by atoms with Crippen LogP contribution in [0.15, 0.2) is 42.5 Å². The Bertz CT molecular complexity index is 1100. The van der Waals surface area contributed by atoms with E-state index in [0.29, 0.717) is 12.1 Å².